The van der Waals surface area contributed by atoms with Crippen molar-refractivity contribution in [2.75, 3.05) is 39.3 Å². The number of nitrogens with one attached hydrogen (secondary N) is 1. The van der Waals surface area contributed by atoms with E-state index in [9.17, 15) is 9.59 Å². The second-order valence-corrected chi connectivity index (χ2v) is 7.40. The Morgan fingerprint density at radius 3 is 2.37 bits per heavy atom. The van der Waals surface area contributed by atoms with Crippen LogP contribution < -0.4 is 5.32 Å². The van der Waals surface area contributed by atoms with Crippen molar-refractivity contribution >= 4 is 11.8 Å². The Morgan fingerprint density at radius 1 is 1.07 bits per heavy atom. The third-order valence-corrected chi connectivity index (χ3v) is 5.39. The fraction of sp³-hybridized carbons (Fsp3) is 0.619. The van der Waals surface area contributed by atoms with E-state index in [1.54, 1.807) is 0 Å². The number of likely N-dealkylation sites (tertiary alicyclic amines) is 2. The lowest BCUT2D eigenvalue weighted by Gasteiger charge is -2.31. The molecule has 2 heterocycles. The van der Waals surface area contributed by atoms with Crippen molar-refractivity contribution in [1.82, 2.24) is 15.1 Å². The number of amides is 2. The Labute approximate surface area is 161 Å². The van der Waals surface area contributed by atoms with Crippen LogP contribution in [0.3, 0.4) is 0 Å². The molecule has 2 amide bonds. The normalized spacial score (nSPS) is 18.6. The third-order valence-electron chi connectivity index (χ3n) is 5.39. The second-order valence-electron chi connectivity index (χ2n) is 7.40. The second kappa shape index (κ2) is 9.85. The fourth-order valence-corrected chi connectivity index (χ4v) is 3.80. The first-order valence-electron chi connectivity index (χ1n) is 10.1. The summed E-state index contributed by atoms with van der Waals surface area (Å²) in [5.41, 5.74) is 1.74. The fourth-order valence-electron chi connectivity index (χ4n) is 3.80. The molecule has 2 aliphatic heterocycles. The largest absolute Gasteiger partial charge is 0.378 e. The van der Waals surface area contributed by atoms with Crippen LogP contribution >= 0.6 is 0 Å². The molecule has 6 heteroatoms. The van der Waals surface area contributed by atoms with Gasteiger partial charge in [0.25, 0.3) is 5.91 Å². The molecule has 1 aromatic rings. The zero-order chi connectivity index (χ0) is 19.1. The van der Waals surface area contributed by atoms with E-state index >= 15 is 0 Å². The number of nitrogens with zero attached hydrogens (tertiary/aromatic N) is 2. The number of benzene rings is 1. The molecular weight excluding hydrogens is 342 g/mol. The van der Waals surface area contributed by atoms with Gasteiger partial charge >= 0.3 is 0 Å². The number of carbonyl (C=O) groups is 2. The molecule has 3 rings (SSSR count). The highest BCUT2D eigenvalue weighted by Crippen LogP contribution is 2.14. The molecule has 2 aliphatic rings. The number of carbonyl (C=O) groups excluding carboxylic acids is 2. The molecule has 0 aliphatic carbocycles. The lowest BCUT2D eigenvalue weighted by molar-refractivity contribution is -0.123. The van der Waals surface area contributed by atoms with Gasteiger partial charge in [-0.3, -0.25) is 14.5 Å². The topological polar surface area (TPSA) is 61.9 Å². The summed E-state index contributed by atoms with van der Waals surface area (Å²) in [4.78, 5) is 28.6. The van der Waals surface area contributed by atoms with Gasteiger partial charge in [-0.15, -0.1) is 0 Å². The van der Waals surface area contributed by atoms with E-state index in [1.165, 1.54) is 0 Å². The quantitative estimate of drug-likeness (QED) is 0.795. The Morgan fingerprint density at radius 2 is 1.74 bits per heavy atom. The molecule has 2 saturated heterocycles. The summed E-state index contributed by atoms with van der Waals surface area (Å²) in [5, 5.41) is 2.98. The minimum absolute atomic E-state index is 0.0436. The molecule has 0 atom stereocenters. The maximum absolute atomic E-state index is 12.4. The van der Waals surface area contributed by atoms with Gasteiger partial charge in [-0.2, -0.15) is 0 Å². The zero-order valence-corrected chi connectivity index (χ0v) is 16.3. The van der Waals surface area contributed by atoms with Crippen molar-refractivity contribution < 1.29 is 14.3 Å². The van der Waals surface area contributed by atoms with Crippen LogP contribution in [0.2, 0.25) is 0 Å². The van der Waals surface area contributed by atoms with Gasteiger partial charge in [0, 0.05) is 44.9 Å². The van der Waals surface area contributed by atoms with Crippen molar-refractivity contribution in [3.8, 4) is 0 Å². The average molecular weight is 373 g/mol. The van der Waals surface area contributed by atoms with Crippen LogP contribution in [0.25, 0.3) is 0 Å². The Bertz CT molecular complexity index is 618. The van der Waals surface area contributed by atoms with Crippen molar-refractivity contribution in [2.24, 2.45) is 0 Å². The maximum Gasteiger partial charge on any atom is 0.253 e. The van der Waals surface area contributed by atoms with Crippen molar-refractivity contribution in [3.63, 3.8) is 0 Å². The highest BCUT2D eigenvalue weighted by Gasteiger charge is 2.21. The predicted octanol–water partition coefficient (Wildman–Crippen LogP) is 2.04. The summed E-state index contributed by atoms with van der Waals surface area (Å²) in [7, 11) is 0. The summed E-state index contributed by atoms with van der Waals surface area (Å²) in [5.74, 6) is 0.153. The van der Waals surface area contributed by atoms with Crippen molar-refractivity contribution in [2.45, 2.75) is 45.3 Å². The molecule has 1 N–H and O–H groups in total. The van der Waals surface area contributed by atoms with E-state index in [0.29, 0.717) is 19.2 Å². The highest BCUT2D eigenvalue weighted by atomic mass is 16.5. The molecule has 0 unspecified atom stereocenters. The summed E-state index contributed by atoms with van der Waals surface area (Å²) in [6.45, 7) is 7.24. The van der Waals surface area contributed by atoms with Gasteiger partial charge in [-0.25, -0.2) is 0 Å². The predicted molar refractivity (Wildman–Crippen MR) is 105 cm³/mol. The Kier molecular flexibility index (Phi) is 7.24. The number of hydrogen-bond donors (Lipinski definition) is 1. The van der Waals surface area contributed by atoms with Crippen LogP contribution in [0.4, 0.5) is 0 Å². The molecule has 0 spiro atoms. The van der Waals surface area contributed by atoms with Crippen LogP contribution in [0.15, 0.2) is 24.3 Å². The van der Waals surface area contributed by atoms with Crippen LogP contribution in [0.1, 0.15) is 48.5 Å². The van der Waals surface area contributed by atoms with Gasteiger partial charge in [0.1, 0.15) is 0 Å². The van der Waals surface area contributed by atoms with Gasteiger partial charge < -0.3 is 15.0 Å². The molecule has 1 aromatic carbocycles. The molecular formula is C21H31N3O3. The van der Waals surface area contributed by atoms with Gasteiger partial charge in [0.05, 0.1) is 12.6 Å². The van der Waals surface area contributed by atoms with Gasteiger partial charge in [0.15, 0.2) is 0 Å². The van der Waals surface area contributed by atoms with Crippen LogP contribution in [-0.2, 0) is 16.1 Å². The number of piperidine rings is 1. The minimum Gasteiger partial charge on any atom is -0.378 e. The lowest BCUT2D eigenvalue weighted by Crippen LogP contribution is -2.43. The summed E-state index contributed by atoms with van der Waals surface area (Å²) >= 11 is 0. The number of ether oxygens (including phenoxy) is 1. The SMILES string of the molecule is CCOC1CCN(CC(=O)NCc2ccc(C(=O)N3CCCC3)cc2)CC1. The van der Waals surface area contributed by atoms with Gasteiger partial charge in [-0.05, 0) is 50.3 Å². The summed E-state index contributed by atoms with van der Waals surface area (Å²) in [6.07, 6.45) is 4.52. The molecule has 27 heavy (non-hydrogen) atoms. The minimum atomic E-state index is 0.0436. The Balaban J connectivity index is 1.39. The van der Waals surface area contributed by atoms with E-state index in [-0.39, 0.29) is 11.8 Å². The summed E-state index contributed by atoms with van der Waals surface area (Å²) < 4.78 is 5.65. The van der Waals surface area contributed by atoms with E-state index in [2.05, 4.69) is 10.2 Å². The number of rotatable bonds is 7. The van der Waals surface area contributed by atoms with E-state index in [1.807, 2.05) is 36.1 Å². The van der Waals surface area contributed by atoms with Crippen LogP contribution in [-0.4, -0.2) is 67.0 Å². The zero-order valence-electron chi connectivity index (χ0n) is 16.3. The van der Waals surface area contributed by atoms with Crippen molar-refractivity contribution in [1.29, 1.82) is 0 Å². The van der Waals surface area contributed by atoms with E-state index < -0.39 is 0 Å². The maximum atomic E-state index is 12.4. The van der Waals surface area contributed by atoms with Crippen LogP contribution in [0.5, 0.6) is 0 Å². The first-order valence-corrected chi connectivity index (χ1v) is 10.1. The first kappa shape index (κ1) is 19.8. The van der Waals surface area contributed by atoms with Crippen LogP contribution in [0, 0.1) is 0 Å². The molecule has 0 bridgehead atoms. The molecule has 0 aromatic heterocycles. The molecule has 6 nitrogen and oxygen atoms in total. The van der Waals surface area contributed by atoms with E-state index in [0.717, 1.165) is 69.6 Å². The highest BCUT2D eigenvalue weighted by molar-refractivity contribution is 5.94. The van der Waals surface area contributed by atoms with Gasteiger partial charge in [0.2, 0.25) is 5.91 Å². The first-order chi connectivity index (χ1) is 13.2. The smallest absolute Gasteiger partial charge is 0.253 e. The molecule has 0 radical (unpaired) electrons. The molecule has 148 valence electrons. The average Bonchev–Trinajstić information content (AvgIpc) is 3.23. The van der Waals surface area contributed by atoms with E-state index in [4.69, 9.17) is 4.74 Å². The van der Waals surface area contributed by atoms with Gasteiger partial charge in [-0.1, -0.05) is 12.1 Å². The molecule has 0 saturated carbocycles. The Hall–Kier alpha value is -1.92. The third kappa shape index (κ3) is 5.78. The van der Waals surface area contributed by atoms with Crippen molar-refractivity contribution in [3.05, 3.63) is 35.4 Å². The summed E-state index contributed by atoms with van der Waals surface area (Å²) in [6, 6.07) is 7.58. The standard InChI is InChI=1S/C21H31N3O3/c1-2-27-19-9-13-23(14-10-19)16-20(25)22-15-17-5-7-18(8-6-17)21(26)24-11-3-4-12-24/h5-8,19H,2-4,9-16H2,1H3,(H,22,25). The lowest BCUT2D eigenvalue weighted by atomic mass is 10.1. The monoisotopic (exact) mass is 373 g/mol. The number of hydrogen-bond acceptors (Lipinski definition) is 4. The molecule has 2 fully saturated rings.